The molecule has 4 aliphatic rings. The molecule has 0 saturated heterocycles. The molecule has 0 aromatic carbocycles. The van der Waals surface area contributed by atoms with Crippen LogP contribution < -0.4 is 0 Å². The molecule has 4 rings (SSSR count). The molecule has 30 heavy (non-hydrogen) atoms. The first-order valence-corrected chi connectivity index (χ1v) is 13.0. The first kappa shape index (κ1) is 22.4. The van der Waals surface area contributed by atoms with Crippen LogP contribution in [0.3, 0.4) is 0 Å². The lowest BCUT2D eigenvalue weighted by molar-refractivity contribution is 0.0315. The van der Waals surface area contributed by atoms with E-state index in [-0.39, 0.29) is 6.10 Å². The highest BCUT2D eigenvalue weighted by atomic mass is 16.3. The zero-order chi connectivity index (χ0) is 21.7. The highest BCUT2D eigenvalue weighted by molar-refractivity contribution is 5.46. The Labute approximate surface area is 186 Å². The summed E-state index contributed by atoms with van der Waals surface area (Å²) in [4.78, 5) is 0. The number of fused-ring (bicyclic) bond motifs is 5. The molecule has 2 fully saturated rings. The lowest BCUT2D eigenvalue weighted by Gasteiger charge is -2.53. The van der Waals surface area contributed by atoms with Gasteiger partial charge in [0.2, 0.25) is 0 Å². The second kappa shape index (κ2) is 8.27. The monoisotopic (exact) mass is 410 g/mol. The summed E-state index contributed by atoms with van der Waals surface area (Å²) in [6.07, 6.45) is 19.9. The molecule has 0 aromatic rings. The van der Waals surface area contributed by atoms with Crippen molar-refractivity contribution in [1.29, 1.82) is 0 Å². The average Bonchev–Trinajstić information content (AvgIpc) is 3.06. The van der Waals surface area contributed by atoms with Crippen molar-refractivity contribution in [3.8, 4) is 0 Å². The van der Waals surface area contributed by atoms with Gasteiger partial charge in [-0.2, -0.15) is 0 Å². The zero-order valence-electron chi connectivity index (χ0n) is 20.5. The van der Waals surface area contributed by atoms with Gasteiger partial charge in [0.25, 0.3) is 0 Å². The second-order valence-corrected chi connectivity index (χ2v) is 12.1. The molecule has 0 unspecified atom stereocenters. The van der Waals surface area contributed by atoms with E-state index in [1.165, 1.54) is 38.5 Å². The highest BCUT2D eigenvalue weighted by Crippen LogP contribution is 2.64. The summed E-state index contributed by atoms with van der Waals surface area (Å²) in [6.45, 7) is 14.6. The van der Waals surface area contributed by atoms with Gasteiger partial charge in [0, 0.05) is 0 Å². The van der Waals surface area contributed by atoms with E-state index in [1.807, 2.05) is 0 Å². The Morgan fingerprint density at radius 3 is 2.57 bits per heavy atom. The van der Waals surface area contributed by atoms with Crippen LogP contribution >= 0.6 is 0 Å². The predicted octanol–water partition coefficient (Wildman–Crippen LogP) is 7.72. The number of aliphatic hydroxyl groups excluding tert-OH is 1. The van der Waals surface area contributed by atoms with Crippen LogP contribution in [-0.2, 0) is 0 Å². The Morgan fingerprint density at radius 2 is 1.87 bits per heavy atom. The second-order valence-electron chi connectivity index (χ2n) is 12.1. The SMILES string of the molecule is CC[C@@H](/C=C/[C@@H](C)[C@H]1CC[C@H]2C3=CC[C@H]4C[C@@H](O)CC[C@]4(C)C3=CC[C@]12C)C(C)C. The minimum Gasteiger partial charge on any atom is -0.393 e. The average molecular weight is 411 g/mol. The van der Waals surface area contributed by atoms with Gasteiger partial charge in [0.15, 0.2) is 0 Å². The van der Waals surface area contributed by atoms with Gasteiger partial charge in [-0.3, -0.25) is 0 Å². The third kappa shape index (κ3) is 3.58. The minimum atomic E-state index is -0.0752. The van der Waals surface area contributed by atoms with Gasteiger partial charge in [0.1, 0.15) is 0 Å². The van der Waals surface area contributed by atoms with E-state index in [0.29, 0.717) is 22.7 Å². The molecular formula is C29H46O. The fourth-order valence-corrected chi connectivity index (χ4v) is 8.01. The van der Waals surface area contributed by atoms with Crippen molar-refractivity contribution in [1.82, 2.24) is 0 Å². The van der Waals surface area contributed by atoms with Crippen LogP contribution in [0.4, 0.5) is 0 Å². The summed E-state index contributed by atoms with van der Waals surface area (Å²) in [5.41, 5.74) is 4.12. The lowest BCUT2D eigenvalue weighted by atomic mass is 9.51. The highest BCUT2D eigenvalue weighted by Gasteiger charge is 2.55. The van der Waals surface area contributed by atoms with Gasteiger partial charge in [-0.1, -0.05) is 65.8 Å². The normalized spacial score (nSPS) is 42.9. The zero-order valence-corrected chi connectivity index (χ0v) is 20.5. The van der Waals surface area contributed by atoms with Gasteiger partial charge in [-0.05, 0) is 109 Å². The third-order valence-corrected chi connectivity index (χ3v) is 10.2. The Morgan fingerprint density at radius 1 is 1.10 bits per heavy atom. The Hall–Kier alpha value is -0.820. The van der Waals surface area contributed by atoms with Gasteiger partial charge in [0.05, 0.1) is 6.10 Å². The molecular weight excluding hydrogens is 364 g/mol. The number of allylic oxidation sites excluding steroid dienone is 6. The van der Waals surface area contributed by atoms with Crippen LogP contribution in [0.2, 0.25) is 0 Å². The maximum Gasteiger partial charge on any atom is 0.0543 e. The summed E-state index contributed by atoms with van der Waals surface area (Å²) < 4.78 is 0. The quantitative estimate of drug-likeness (QED) is 0.460. The van der Waals surface area contributed by atoms with Gasteiger partial charge < -0.3 is 5.11 Å². The summed E-state index contributed by atoms with van der Waals surface area (Å²) in [7, 11) is 0. The summed E-state index contributed by atoms with van der Waals surface area (Å²) in [5.74, 6) is 4.30. The van der Waals surface area contributed by atoms with E-state index in [0.717, 1.165) is 36.5 Å². The number of aliphatic hydroxyl groups is 1. The number of hydrogen-bond acceptors (Lipinski definition) is 1. The largest absolute Gasteiger partial charge is 0.393 e. The van der Waals surface area contributed by atoms with Gasteiger partial charge >= 0.3 is 0 Å². The van der Waals surface area contributed by atoms with Crippen LogP contribution in [0.1, 0.15) is 92.9 Å². The van der Waals surface area contributed by atoms with Gasteiger partial charge in [-0.25, -0.2) is 0 Å². The van der Waals surface area contributed by atoms with Crippen molar-refractivity contribution in [2.75, 3.05) is 0 Å². The smallest absolute Gasteiger partial charge is 0.0543 e. The van der Waals surface area contributed by atoms with Crippen LogP contribution in [0, 0.1) is 46.3 Å². The van der Waals surface area contributed by atoms with Crippen molar-refractivity contribution >= 4 is 0 Å². The fraction of sp³-hybridized carbons (Fsp3) is 0.793. The van der Waals surface area contributed by atoms with Crippen molar-refractivity contribution < 1.29 is 5.11 Å². The molecule has 0 spiro atoms. The Bertz CT molecular complexity index is 727. The predicted molar refractivity (Wildman–Crippen MR) is 128 cm³/mol. The molecule has 8 atom stereocenters. The van der Waals surface area contributed by atoms with Crippen molar-refractivity contribution in [3.63, 3.8) is 0 Å². The van der Waals surface area contributed by atoms with Crippen LogP contribution in [-0.4, -0.2) is 11.2 Å². The van der Waals surface area contributed by atoms with E-state index in [2.05, 4.69) is 65.8 Å². The number of rotatable bonds is 5. The molecule has 0 amide bonds. The maximum absolute atomic E-state index is 10.2. The molecule has 1 N–H and O–H groups in total. The van der Waals surface area contributed by atoms with Crippen molar-refractivity contribution in [3.05, 3.63) is 35.5 Å². The Balaban J connectivity index is 1.57. The summed E-state index contributed by atoms with van der Waals surface area (Å²) in [6, 6.07) is 0. The first-order valence-electron chi connectivity index (χ1n) is 13.0. The van der Waals surface area contributed by atoms with Crippen LogP contribution in [0.5, 0.6) is 0 Å². The fourth-order valence-electron chi connectivity index (χ4n) is 8.01. The molecule has 168 valence electrons. The molecule has 4 aliphatic carbocycles. The minimum absolute atomic E-state index is 0.0752. The third-order valence-electron chi connectivity index (χ3n) is 10.2. The van der Waals surface area contributed by atoms with E-state index < -0.39 is 0 Å². The molecule has 0 aliphatic heterocycles. The molecule has 0 aromatic heterocycles. The van der Waals surface area contributed by atoms with E-state index in [1.54, 1.807) is 11.1 Å². The molecule has 1 heteroatoms. The van der Waals surface area contributed by atoms with E-state index in [9.17, 15) is 5.11 Å². The summed E-state index contributed by atoms with van der Waals surface area (Å²) >= 11 is 0. The molecule has 1 nitrogen and oxygen atoms in total. The molecule has 0 bridgehead atoms. The van der Waals surface area contributed by atoms with Crippen LogP contribution in [0.15, 0.2) is 35.5 Å². The topological polar surface area (TPSA) is 20.2 Å². The molecule has 0 radical (unpaired) electrons. The number of hydrogen-bond donors (Lipinski definition) is 1. The standard InChI is InChI=1S/C29H46O/c1-7-21(19(2)3)9-8-20(4)25-12-13-26-24-11-10-22-18-23(30)14-16-28(22,5)27(24)15-17-29(25,26)6/h8-9,11,15,19-23,25-26,30H,7,10,12-14,16-18H2,1-6H3/b9-8+/t20-,21+,22+,23+,25-,26+,28+,29-/m1/s1. The molecule has 2 saturated carbocycles. The van der Waals surface area contributed by atoms with Crippen molar-refractivity contribution in [2.24, 2.45) is 46.3 Å². The Kier molecular flexibility index (Phi) is 6.17. The molecule has 0 heterocycles. The van der Waals surface area contributed by atoms with Crippen LogP contribution in [0.25, 0.3) is 0 Å². The first-order chi connectivity index (χ1) is 14.2. The van der Waals surface area contributed by atoms with E-state index >= 15 is 0 Å². The van der Waals surface area contributed by atoms with Gasteiger partial charge in [-0.15, -0.1) is 0 Å². The summed E-state index contributed by atoms with van der Waals surface area (Å²) in [5, 5.41) is 10.2. The van der Waals surface area contributed by atoms with Crippen molar-refractivity contribution in [2.45, 2.75) is 99.0 Å². The maximum atomic E-state index is 10.2. The lowest BCUT2D eigenvalue weighted by Crippen LogP contribution is -2.44. The van der Waals surface area contributed by atoms with E-state index in [4.69, 9.17) is 0 Å².